The van der Waals surface area contributed by atoms with Crippen molar-refractivity contribution < 1.29 is 4.79 Å². The summed E-state index contributed by atoms with van der Waals surface area (Å²) < 4.78 is 0. The number of hydrogen-bond acceptors (Lipinski definition) is 4. The van der Waals surface area contributed by atoms with Gasteiger partial charge in [0.2, 0.25) is 0 Å². The third-order valence-electron chi connectivity index (χ3n) is 2.68. The number of carbonyl (C=O) groups is 1. The Balaban J connectivity index is 2.84. The molecule has 5 nitrogen and oxygen atoms in total. The van der Waals surface area contributed by atoms with E-state index in [0.717, 1.165) is 19.3 Å². The van der Waals surface area contributed by atoms with Crippen LogP contribution in [0.5, 0.6) is 0 Å². The van der Waals surface area contributed by atoms with Crippen molar-refractivity contribution in [3.63, 3.8) is 0 Å². The topological polar surface area (TPSA) is 94.0 Å². The number of hydrogen-bond donors (Lipinski definition) is 3. The van der Waals surface area contributed by atoms with Gasteiger partial charge in [-0.3, -0.25) is 4.79 Å². The maximum atomic E-state index is 11.1. The first-order valence-corrected chi connectivity index (χ1v) is 5.90. The normalized spacial score (nSPS) is 12.1. The molecule has 1 aromatic heterocycles. The predicted octanol–water partition coefficient (Wildman–Crippen LogP) is 1.75. The second-order valence-corrected chi connectivity index (χ2v) is 4.06. The summed E-state index contributed by atoms with van der Waals surface area (Å²) in [4.78, 5) is 15.3. The number of pyridine rings is 1. The smallest absolute Gasteiger partial charge is 0.250 e. The van der Waals surface area contributed by atoms with Gasteiger partial charge >= 0.3 is 0 Å². The molecule has 0 aliphatic heterocycles. The minimum atomic E-state index is -0.531. The molecule has 0 aliphatic carbocycles. The molecule has 0 spiro atoms. The molecular weight excluding hydrogens is 216 g/mol. The molecule has 0 radical (unpaired) electrons. The second kappa shape index (κ2) is 6.08. The Morgan fingerprint density at radius 3 is 2.76 bits per heavy atom. The van der Waals surface area contributed by atoms with Crippen molar-refractivity contribution in [2.45, 2.75) is 39.2 Å². The first-order valence-electron chi connectivity index (χ1n) is 5.90. The lowest BCUT2D eigenvalue weighted by molar-refractivity contribution is 0.100. The minimum absolute atomic E-state index is 0.312. The van der Waals surface area contributed by atoms with Gasteiger partial charge in [-0.2, -0.15) is 0 Å². The predicted molar refractivity (Wildman–Crippen MR) is 69.8 cm³/mol. The van der Waals surface area contributed by atoms with Crippen molar-refractivity contribution in [1.29, 1.82) is 0 Å². The largest absolute Gasteiger partial charge is 0.397 e. The first kappa shape index (κ1) is 13.3. The number of rotatable bonds is 6. The van der Waals surface area contributed by atoms with Crippen molar-refractivity contribution in [3.05, 3.63) is 17.8 Å². The van der Waals surface area contributed by atoms with Gasteiger partial charge in [-0.1, -0.05) is 20.3 Å². The van der Waals surface area contributed by atoms with Gasteiger partial charge in [0.1, 0.15) is 5.82 Å². The third-order valence-corrected chi connectivity index (χ3v) is 2.68. The molecule has 0 aliphatic rings. The number of nitrogens with zero attached hydrogens (tertiary/aromatic N) is 1. The van der Waals surface area contributed by atoms with Gasteiger partial charge in [0.15, 0.2) is 0 Å². The molecule has 1 amide bonds. The average Bonchev–Trinajstić information content (AvgIpc) is 2.30. The lowest BCUT2D eigenvalue weighted by atomic mass is 10.1. The van der Waals surface area contributed by atoms with E-state index in [1.165, 1.54) is 6.20 Å². The van der Waals surface area contributed by atoms with E-state index in [9.17, 15) is 4.79 Å². The Morgan fingerprint density at radius 2 is 2.24 bits per heavy atom. The number of anilines is 2. The SMILES string of the molecule is CCCC(CC)Nc1cc(C(N)=O)c(N)cn1. The highest BCUT2D eigenvalue weighted by atomic mass is 16.1. The van der Waals surface area contributed by atoms with Crippen LogP contribution in [-0.4, -0.2) is 16.9 Å². The van der Waals surface area contributed by atoms with Crippen molar-refractivity contribution in [3.8, 4) is 0 Å². The van der Waals surface area contributed by atoms with E-state index in [2.05, 4.69) is 24.1 Å². The average molecular weight is 236 g/mol. The number of aromatic nitrogens is 1. The highest BCUT2D eigenvalue weighted by molar-refractivity contribution is 5.98. The lowest BCUT2D eigenvalue weighted by Crippen LogP contribution is -2.20. The molecule has 94 valence electrons. The van der Waals surface area contributed by atoms with Crippen LogP contribution in [0.2, 0.25) is 0 Å². The summed E-state index contributed by atoms with van der Waals surface area (Å²) in [6.07, 6.45) is 4.63. The zero-order chi connectivity index (χ0) is 12.8. The van der Waals surface area contributed by atoms with Crippen LogP contribution in [0.15, 0.2) is 12.3 Å². The summed E-state index contributed by atoms with van der Waals surface area (Å²) in [5, 5.41) is 3.28. The first-order chi connectivity index (χ1) is 8.08. The summed E-state index contributed by atoms with van der Waals surface area (Å²) >= 11 is 0. The molecule has 5 heteroatoms. The highest BCUT2D eigenvalue weighted by Gasteiger charge is 2.10. The molecule has 1 unspecified atom stereocenters. The second-order valence-electron chi connectivity index (χ2n) is 4.06. The molecule has 0 bridgehead atoms. The maximum Gasteiger partial charge on any atom is 0.250 e. The molecule has 1 rings (SSSR count). The van der Waals surface area contributed by atoms with Crippen molar-refractivity contribution in [1.82, 2.24) is 4.98 Å². The van der Waals surface area contributed by atoms with E-state index in [1.54, 1.807) is 6.07 Å². The van der Waals surface area contributed by atoms with Gasteiger partial charge < -0.3 is 16.8 Å². The molecule has 0 saturated heterocycles. The zero-order valence-electron chi connectivity index (χ0n) is 10.4. The van der Waals surface area contributed by atoms with Crippen LogP contribution < -0.4 is 16.8 Å². The molecule has 17 heavy (non-hydrogen) atoms. The summed E-state index contributed by atoms with van der Waals surface area (Å²) in [7, 11) is 0. The minimum Gasteiger partial charge on any atom is -0.397 e. The standard InChI is InChI=1S/C12H20N4O/c1-3-5-8(4-2)16-11-6-9(12(14)17)10(13)7-15-11/h6-8H,3-5,13H2,1-2H3,(H2,14,17)(H,15,16). The van der Waals surface area contributed by atoms with Gasteiger partial charge in [-0.25, -0.2) is 4.98 Å². The molecule has 1 atom stereocenters. The number of nitrogens with two attached hydrogens (primary N) is 2. The van der Waals surface area contributed by atoms with Crippen LogP contribution in [0.1, 0.15) is 43.5 Å². The van der Waals surface area contributed by atoms with E-state index < -0.39 is 5.91 Å². The quantitative estimate of drug-likeness (QED) is 0.701. The van der Waals surface area contributed by atoms with Gasteiger partial charge in [-0.05, 0) is 18.9 Å². The molecule has 1 heterocycles. The summed E-state index contributed by atoms with van der Waals surface area (Å²) in [5.74, 6) is 0.116. The van der Waals surface area contributed by atoms with Gasteiger partial charge in [0.25, 0.3) is 5.91 Å². The fraction of sp³-hybridized carbons (Fsp3) is 0.500. The van der Waals surface area contributed by atoms with E-state index in [4.69, 9.17) is 11.5 Å². The molecule has 5 N–H and O–H groups in total. The van der Waals surface area contributed by atoms with Crippen LogP contribution in [0.25, 0.3) is 0 Å². The Morgan fingerprint density at radius 1 is 1.53 bits per heavy atom. The van der Waals surface area contributed by atoms with E-state index in [-0.39, 0.29) is 0 Å². The number of carbonyl (C=O) groups excluding carboxylic acids is 1. The summed E-state index contributed by atoms with van der Waals surface area (Å²) in [6.45, 7) is 4.25. The Labute approximate surface area is 102 Å². The number of nitrogen functional groups attached to an aromatic ring is 1. The van der Waals surface area contributed by atoms with Crippen LogP contribution in [0.3, 0.4) is 0 Å². The number of amides is 1. The molecule has 1 aromatic rings. The highest BCUT2D eigenvalue weighted by Crippen LogP contribution is 2.16. The number of primary amides is 1. The van der Waals surface area contributed by atoms with E-state index >= 15 is 0 Å². The lowest BCUT2D eigenvalue weighted by Gasteiger charge is -2.17. The Bertz CT molecular complexity index is 392. The molecule has 0 fully saturated rings. The fourth-order valence-electron chi connectivity index (χ4n) is 1.69. The van der Waals surface area contributed by atoms with Crippen molar-refractivity contribution >= 4 is 17.4 Å². The molecular formula is C12H20N4O. The Hall–Kier alpha value is -1.78. The molecule has 0 saturated carbocycles. The monoisotopic (exact) mass is 236 g/mol. The van der Waals surface area contributed by atoms with E-state index in [0.29, 0.717) is 23.1 Å². The summed E-state index contributed by atoms with van der Waals surface area (Å²) in [5.41, 5.74) is 11.5. The maximum absolute atomic E-state index is 11.1. The van der Waals surface area contributed by atoms with Crippen LogP contribution in [-0.2, 0) is 0 Å². The number of nitrogens with one attached hydrogen (secondary N) is 1. The molecule has 0 aromatic carbocycles. The Kier molecular flexibility index (Phi) is 4.75. The summed E-state index contributed by atoms with van der Waals surface area (Å²) in [6, 6.07) is 1.97. The third kappa shape index (κ3) is 3.62. The van der Waals surface area contributed by atoms with Crippen LogP contribution in [0, 0.1) is 0 Å². The zero-order valence-corrected chi connectivity index (χ0v) is 10.4. The van der Waals surface area contributed by atoms with Crippen molar-refractivity contribution in [2.75, 3.05) is 11.1 Å². The van der Waals surface area contributed by atoms with Gasteiger partial charge in [0, 0.05) is 6.04 Å². The van der Waals surface area contributed by atoms with Crippen LogP contribution in [0.4, 0.5) is 11.5 Å². The van der Waals surface area contributed by atoms with E-state index in [1.807, 2.05) is 0 Å². The van der Waals surface area contributed by atoms with Gasteiger partial charge in [0.05, 0.1) is 17.4 Å². The van der Waals surface area contributed by atoms with Gasteiger partial charge in [-0.15, -0.1) is 0 Å². The van der Waals surface area contributed by atoms with Crippen LogP contribution >= 0.6 is 0 Å². The van der Waals surface area contributed by atoms with Crippen molar-refractivity contribution in [2.24, 2.45) is 5.73 Å². The fourth-order valence-corrected chi connectivity index (χ4v) is 1.69.